The van der Waals surface area contributed by atoms with Crippen LogP contribution in [0.2, 0.25) is 0 Å². The molecule has 3 aromatic rings. The standard InChI is InChI=1S/C22H20N4O2S/c1-15-4-3-5-17(12-15)24-22-25-21(27)19(29-22)13-16-6-8-18(9-7-16)28-14-20-23-10-11-26(20)2/h3-13H,14H2,1-2H3,(H,24,25,27)/b19-13+. The molecule has 2 heterocycles. The van der Waals surface area contributed by atoms with E-state index >= 15 is 0 Å². The fourth-order valence-corrected chi connectivity index (χ4v) is 3.63. The Balaban J connectivity index is 1.42. The van der Waals surface area contributed by atoms with Gasteiger partial charge in [0, 0.05) is 19.4 Å². The maximum atomic E-state index is 12.3. The van der Waals surface area contributed by atoms with Crippen LogP contribution in [0.3, 0.4) is 0 Å². The van der Waals surface area contributed by atoms with E-state index in [1.165, 1.54) is 11.8 Å². The molecule has 7 heteroatoms. The predicted molar refractivity (Wildman–Crippen MR) is 116 cm³/mol. The van der Waals surface area contributed by atoms with Gasteiger partial charge in [-0.1, -0.05) is 24.3 Å². The van der Waals surface area contributed by atoms with Crippen LogP contribution in [0.5, 0.6) is 5.75 Å². The number of amidine groups is 1. The van der Waals surface area contributed by atoms with Gasteiger partial charge in [-0.15, -0.1) is 0 Å². The number of nitrogens with one attached hydrogen (secondary N) is 1. The molecule has 1 aliphatic rings. The zero-order valence-electron chi connectivity index (χ0n) is 16.1. The highest BCUT2D eigenvalue weighted by molar-refractivity contribution is 8.18. The summed E-state index contributed by atoms with van der Waals surface area (Å²) in [4.78, 5) is 21.6. The van der Waals surface area contributed by atoms with E-state index in [1.807, 2.05) is 79.3 Å². The van der Waals surface area contributed by atoms with Gasteiger partial charge in [-0.05, 0) is 60.2 Å². The van der Waals surface area contributed by atoms with Crippen molar-refractivity contribution in [2.45, 2.75) is 13.5 Å². The Morgan fingerprint density at radius 2 is 2.07 bits per heavy atom. The van der Waals surface area contributed by atoms with Crippen molar-refractivity contribution in [2.75, 3.05) is 0 Å². The number of aryl methyl sites for hydroxylation is 2. The first-order chi connectivity index (χ1) is 14.1. The van der Waals surface area contributed by atoms with E-state index in [0.29, 0.717) is 16.7 Å². The van der Waals surface area contributed by atoms with E-state index in [1.54, 1.807) is 6.20 Å². The summed E-state index contributed by atoms with van der Waals surface area (Å²) in [7, 11) is 1.93. The number of hydrogen-bond acceptors (Lipinski definition) is 5. The first kappa shape index (κ1) is 19.0. The van der Waals surface area contributed by atoms with E-state index in [9.17, 15) is 4.79 Å². The van der Waals surface area contributed by atoms with Crippen LogP contribution >= 0.6 is 11.8 Å². The molecule has 0 spiro atoms. The van der Waals surface area contributed by atoms with Crippen molar-refractivity contribution in [2.24, 2.45) is 12.0 Å². The highest BCUT2D eigenvalue weighted by Crippen LogP contribution is 2.28. The molecule has 1 aliphatic heterocycles. The lowest BCUT2D eigenvalue weighted by Gasteiger charge is -2.06. The number of aliphatic imine (C=N–C) groups is 1. The zero-order chi connectivity index (χ0) is 20.2. The van der Waals surface area contributed by atoms with Gasteiger partial charge in [0.25, 0.3) is 5.91 Å². The number of hydrogen-bond donors (Lipinski definition) is 1. The highest BCUT2D eigenvalue weighted by Gasteiger charge is 2.23. The number of ether oxygens (including phenoxy) is 1. The van der Waals surface area contributed by atoms with Gasteiger partial charge in [-0.3, -0.25) is 4.79 Å². The molecule has 1 aromatic heterocycles. The highest BCUT2D eigenvalue weighted by atomic mass is 32.2. The number of aromatic nitrogens is 2. The summed E-state index contributed by atoms with van der Waals surface area (Å²) < 4.78 is 7.68. The summed E-state index contributed by atoms with van der Waals surface area (Å²) in [6, 6.07) is 15.5. The second-order valence-electron chi connectivity index (χ2n) is 6.63. The van der Waals surface area contributed by atoms with Crippen molar-refractivity contribution in [3.63, 3.8) is 0 Å². The third kappa shape index (κ3) is 4.75. The minimum Gasteiger partial charge on any atom is -0.486 e. The Kier molecular flexibility index (Phi) is 5.48. The molecule has 2 aromatic carbocycles. The Hall–Kier alpha value is -3.32. The van der Waals surface area contributed by atoms with Crippen molar-refractivity contribution in [1.82, 2.24) is 14.9 Å². The fraction of sp³-hybridized carbons (Fsp3) is 0.136. The summed E-state index contributed by atoms with van der Waals surface area (Å²) >= 11 is 1.34. The molecular weight excluding hydrogens is 384 g/mol. The van der Waals surface area contributed by atoms with Crippen LogP contribution in [0.25, 0.3) is 6.08 Å². The molecule has 1 N–H and O–H groups in total. The van der Waals surface area contributed by atoms with Crippen LogP contribution in [0.1, 0.15) is 17.0 Å². The molecular formula is C22H20N4O2S. The van der Waals surface area contributed by atoms with Gasteiger partial charge in [-0.25, -0.2) is 9.98 Å². The number of imidazole rings is 1. The Morgan fingerprint density at radius 1 is 1.24 bits per heavy atom. The molecule has 0 radical (unpaired) electrons. The van der Waals surface area contributed by atoms with Crippen molar-refractivity contribution in [1.29, 1.82) is 0 Å². The fourth-order valence-electron chi connectivity index (χ4n) is 2.79. The van der Waals surface area contributed by atoms with Crippen LogP contribution in [0.15, 0.2) is 70.8 Å². The number of amides is 1. The first-order valence-electron chi connectivity index (χ1n) is 9.12. The minimum absolute atomic E-state index is 0.142. The molecule has 0 atom stereocenters. The number of benzene rings is 2. The molecule has 0 unspecified atom stereocenters. The summed E-state index contributed by atoms with van der Waals surface area (Å²) in [5.74, 6) is 1.47. The van der Waals surface area contributed by atoms with Crippen molar-refractivity contribution < 1.29 is 9.53 Å². The van der Waals surface area contributed by atoms with Crippen LogP contribution in [0, 0.1) is 6.92 Å². The van der Waals surface area contributed by atoms with Crippen LogP contribution in [-0.4, -0.2) is 20.6 Å². The lowest BCUT2D eigenvalue weighted by Crippen LogP contribution is -2.19. The number of carbonyl (C=O) groups excluding carboxylic acids is 1. The van der Waals surface area contributed by atoms with Crippen LogP contribution in [-0.2, 0) is 18.4 Å². The maximum Gasteiger partial charge on any atom is 0.264 e. The molecule has 0 saturated carbocycles. The summed E-state index contributed by atoms with van der Waals surface area (Å²) in [5.41, 5.74) is 2.87. The molecule has 4 rings (SSSR count). The molecule has 0 aliphatic carbocycles. The second-order valence-corrected chi connectivity index (χ2v) is 7.66. The lowest BCUT2D eigenvalue weighted by molar-refractivity contribution is -0.115. The van der Waals surface area contributed by atoms with Crippen molar-refractivity contribution >= 4 is 34.6 Å². The number of carbonyl (C=O) groups is 1. The molecule has 1 fully saturated rings. The van der Waals surface area contributed by atoms with Crippen LogP contribution in [0.4, 0.5) is 5.69 Å². The quantitative estimate of drug-likeness (QED) is 0.647. The van der Waals surface area contributed by atoms with E-state index in [0.717, 1.165) is 28.4 Å². The topological polar surface area (TPSA) is 68.5 Å². The molecule has 0 bridgehead atoms. The van der Waals surface area contributed by atoms with E-state index in [4.69, 9.17) is 4.74 Å². The normalized spacial score (nSPS) is 16.4. The van der Waals surface area contributed by atoms with Crippen molar-refractivity contribution in [3.05, 3.63) is 82.8 Å². The van der Waals surface area contributed by atoms with Crippen LogP contribution < -0.4 is 10.1 Å². The average Bonchev–Trinajstić information content (AvgIpc) is 3.26. The largest absolute Gasteiger partial charge is 0.486 e. The predicted octanol–water partition coefficient (Wildman–Crippen LogP) is 4.20. The van der Waals surface area contributed by atoms with E-state index < -0.39 is 0 Å². The summed E-state index contributed by atoms with van der Waals surface area (Å²) in [6.45, 7) is 2.42. The van der Waals surface area contributed by atoms with Gasteiger partial charge in [0.05, 0.1) is 10.6 Å². The third-order valence-corrected chi connectivity index (χ3v) is 5.26. The van der Waals surface area contributed by atoms with Gasteiger partial charge in [0.15, 0.2) is 5.17 Å². The Morgan fingerprint density at radius 3 is 2.79 bits per heavy atom. The monoisotopic (exact) mass is 404 g/mol. The van der Waals surface area contributed by atoms with Gasteiger partial charge in [0.2, 0.25) is 0 Å². The van der Waals surface area contributed by atoms with Gasteiger partial charge >= 0.3 is 0 Å². The molecule has 1 amide bonds. The van der Waals surface area contributed by atoms with Gasteiger partial charge in [0.1, 0.15) is 18.2 Å². The molecule has 29 heavy (non-hydrogen) atoms. The van der Waals surface area contributed by atoms with Gasteiger partial charge < -0.3 is 14.6 Å². The number of rotatable bonds is 5. The SMILES string of the molecule is Cc1cccc(N=C2NC(=O)/C(=C\c3ccc(OCc4nccn4C)cc3)S2)c1. The number of nitrogens with zero attached hydrogens (tertiary/aromatic N) is 3. The molecule has 1 saturated heterocycles. The average molecular weight is 404 g/mol. The Labute approximate surface area is 173 Å². The van der Waals surface area contributed by atoms with Crippen molar-refractivity contribution in [3.8, 4) is 5.75 Å². The molecule has 146 valence electrons. The van der Waals surface area contributed by atoms with Gasteiger partial charge in [-0.2, -0.15) is 0 Å². The third-order valence-electron chi connectivity index (χ3n) is 4.35. The van der Waals surface area contributed by atoms with E-state index in [-0.39, 0.29) is 5.91 Å². The lowest BCUT2D eigenvalue weighted by atomic mass is 10.2. The first-order valence-corrected chi connectivity index (χ1v) is 9.94. The Bertz CT molecular complexity index is 1100. The maximum absolute atomic E-state index is 12.3. The number of thioether (sulfide) groups is 1. The minimum atomic E-state index is -0.142. The second kappa shape index (κ2) is 8.36. The zero-order valence-corrected chi connectivity index (χ0v) is 16.9. The molecule has 6 nitrogen and oxygen atoms in total. The summed E-state index contributed by atoms with van der Waals surface area (Å²) in [5, 5.41) is 3.40. The summed E-state index contributed by atoms with van der Waals surface area (Å²) in [6.07, 6.45) is 5.48. The smallest absolute Gasteiger partial charge is 0.264 e. The van der Waals surface area contributed by atoms with E-state index in [2.05, 4.69) is 15.3 Å².